The van der Waals surface area contributed by atoms with Gasteiger partial charge in [-0.2, -0.15) is 5.10 Å². The van der Waals surface area contributed by atoms with Crippen molar-refractivity contribution in [1.29, 1.82) is 0 Å². The Kier molecular flexibility index (Phi) is 5.60. The molecule has 0 aliphatic carbocycles. The van der Waals surface area contributed by atoms with E-state index in [1.54, 1.807) is 6.08 Å². The predicted octanol–water partition coefficient (Wildman–Crippen LogP) is 1.00. The number of carbonyl (C=O) groups is 1. The van der Waals surface area contributed by atoms with Gasteiger partial charge in [-0.1, -0.05) is 6.58 Å². The van der Waals surface area contributed by atoms with E-state index in [0.717, 1.165) is 5.71 Å². The van der Waals surface area contributed by atoms with Crippen molar-refractivity contribution in [3.05, 3.63) is 12.7 Å². The van der Waals surface area contributed by atoms with Gasteiger partial charge in [0.15, 0.2) is 0 Å². The average Bonchev–Trinajstić information content (AvgIpc) is 2.11. The first-order chi connectivity index (χ1) is 6.47. The fourth-order valence-electron chi connectivity index (χ4n) is 0.681. The van der Waals surface area contributed by atoms with Gasteiger partial charge in [0.25, 0.3) is 0 Å². The Labute approximate surface area is 85.7 Å². The summed E-state index contributed by atoms with van der Waals surface area (Å²) in [6.45, 7) is 9.64. The highest BCUT2D eigenvalue weighted by atomic mass is 16.1. The Bertz CT molecular complexity index is 234. The van der Waals surface area contributed by atoms with Gasteiger partial charge >= 0.3 is 0 Å². The van der Waals surface area contributed by atoms with Gasteiger partial charge in [-0.3, -0.25) is 9.80 Å². The predicted molar refractivity (Wildman–Crippen MR) is 59.2 cm³/mol. The van der Waals surface area contributed by atoms with E-state index in [4.69, 9.17) is 0 Å². The van der Waals surface area contributed by atoms with Gasteiger partial charge < -0.3 is 5.32 Å². The lowest BCUT2D eigenvalue weighted by Gasteiger charge is -2.18. The molecule has 0 unspecified atom stereocenters. The van der Waals surface area contributed by atoms with Gasteiger partial charge in [-0.25, -0.2) is 0 Å². The first-order valence-corrected chi connectivity index (χ1v) is 4.64. The summed E-state index contributed by atoms with van der Waals surface area (Å²) in [4.78, 5) is 10.7. The number of carbonyl (C=O) groups excluding carboxylic acids is 1. The highest BCUT2D eigenvalue weighted by Gasteiger charge is 2.01. The van der Waals surface area contributed by atoms with Crippen LogP contribution in [-0.2, 0) is 4.79 Å². The summed E-state index contributed by atoms with van der Waals surface area (Å²) >= 11 is 0. The molecular weight excluding hydrogens is 178 g/mol. The van der Waals surface area contributed by atoms with Gasteiger partial charge in [0.2, 0.25) is 5.91 Å². The van der Waals surface area contributed by atoms with Crippen LogP contribution in [-0.4, -0.2) is 36.3 Å². The van der Waals surface area contributed by atoms with Crippen LogP contribution in [0.15, 0.2) is 17.8 Å². The third-order valence-corrected chi connectivity index (χ3v) is 1.79. The minimum Gasteiger partial charge on any atom is -0.351 e. The summed E-state index contributed by atoms with van der Waals surface area (Å²) in [5, 5.41) is 8.79. The first-order valence-electron chi connectivity index (χ1n) is 4.64. The molecule has 0 saturated heterocycles. The van der Waals surface area contributed by atoms with Crippen molar-refractivity contribution in [2.24, 2.45) is 5.10 Å². The molecule has 0 radical (unpaired) electrons. The molecule has 0 aromatic carbocycles. The lowest BCUT2D eigenvalue weighted by atomic mass is 10.3. The molecule has 0 spiro atoms. The molecule has 0 rings (SSSR count). The fraction of sp³-hybridized carbons (Fsp3) is 0.600. The molecule has 4 heteroatoms. The van der Waals surface area contributed by atoms with Crippen LogP contribution in [0.25, 0.3) is 0 Å². The number of nitrogens with zero attached hydrogens (tertiary/aromatic N) is 2. The Morgan fingerprint density at radius 1 is 1.64 bits per heavy atom. The molecule has 0 fully saturated rings. The van der Waals surface area contributed by atoms with Crippen LogP contribution in [0, 0.1) is 0 Å². The standard InChI is InChI=1S/C10H19N3O/c1-6-10(7-11-9(4)14)12-13(5)8(2)3/h6,8H,1,7H2,2-5H3,(H,11,14)/b12-10+. The molecule has 0 aliphatic rings. The summed E-state index contributed by atoms with van der Waals surface area (Å²) in [6, 6.07) is 0.335. The summed E-state index contributed by atoms with van der Waals surface area (Å²) in [5.41, 5.74) is 0.761. The average molecular weight is 197 g/mol. The highest BCUT2D eigenvalue weighted by molar-refractivity contribution is 5.97. The van der Waals surface area contributed by atoms with Crippen LogP contribution in [0.1, 0.15) is 20.8 Å². The van der Waals surface area contributed by atoms with Crippen molar-refractivity contribution in [3.8, 4) is 0 Å². The SMILES string of the molecule is C=C/C(CNC(C)=O)=N\N(C)C(C)C. The third-order valence-electron chi connectivity index (χ3n) is 1.79. The molecule has 1 amide bonds. The molecule has 0 aromatic rings. The second kappa shape index (κ2) is 6.18. The van der Waals surface area contributed by atoms with Crippen molar-refractivity contribution >= 4 is 11.6 Å². The Hall–Kier alpha value is -1.32. The summed E-state index contributed by atoms with van der Waals surface area (Å²) < 4.78 is 0. The van der Waals surface area contributed by atoms with Crippen LogP contribution >= 0.6 is 0 Å². The second-order valence-electron chi connectivity index (χ2n) is 3.37. The van der Waals surface area contributed by atoms with E-state index < -0.39 is 0 Å². The molecule has 80 valence electrons. The van der Waals surface area contributed by atoms with Gasteiger partial charge in [-0.05, 0) is 19.9 Å². The smallest absolute Gasteiger partial charge is 0.217 e. The maximum absolute atomic E-state index is 10.7. The Morgan fingerprint density at radius 3 is 2.57 bits per heavy atom. The number of rotatable bonds is 5. The number of hydrogen-bond donors (Lipinski definition) is 1. The van der Waals surface area contributed by atoms with E-state index in [1.807, 2.05) is 25.9 Å². The van der Waals surface area contributed by atoms with Crippen LogP contribution in [0.4, 0.5) is 0 Å². The number of hydrogen-bond acceptors (Lipinski definition) is 3. The quantitative estimate of drug-likeness (QED) is 0.528. The van der Waals surface area contributed by atoms with E-state index in [9.17, 15) is 4.79 Å². The summed E-state index contributed by atoms with van der Waals surface area (Å²) in [7, 11) is 1.89. The number of nitrogens with one attached hydrogen (secondary N) is 1. The zero-order valence-electron chi connectivity index (χ0n) is 9.37. The Morgan fingerprint density at radius 2 is 2.21 bits per heavy atom. The van der Waals surface area contributed by atoms with Gasteiger partial charge in [-0.15, -0.1) is 0 Å². The molecular formula is C10H19N3O. The molecule has 0 atom stereocenters. The second-order valence-corrected chi connectivity index (χ2v) is 3.37. The summed E-state index contributed by atoms with van der Waals surface area (Å²) in [5.74, 6) is -0.0632. The van der Waals surface area contributed by atoms with E-state index in [-0.39, 0.29) is 5.91 Å². The van der Waals surface area contributed by atoms with E-state index in [1.165, 1.54) is 6.92 Å². The van der Waals surface area contributed by atoms with Gasteiger partial charge in [0.1, 0.15) is 0 Å². The summed E-state index contributed by atoms with van der Waals surface area (Å²) in [6.07, 6.45) is 1.65. The molecule has 0 bridgehead atoms. The molecule has 0 saturated carbocycles. The minimum absolute atomic E-state index is 0.0632. The van der Waals surface area contributed by atoms with Crippen molar-refractivity contribution in [1.82, 2.24) is 10.3 Å². The third kappa shape index (κ3) is 5.35. The highest BCUT2D eigenvalue weighted by Crippen LogP contribution is 1.95. The zero-order valence-corrected chi connectivity index (χ0v) is 9.37. The molecule has 0 heterocycles. The molecule has 0 aromatic heterocycles. The van der Waals surface area contributed by atoms with Crippen LogP contribution in [0.2, 0.25) is 0 Å². The van der Waals surface area contributed by atoms with Crippen LogP contribution < -0.4 is 5.32 Å². The van der Waals surface area contributed by atoms with Gasteiger partial charge in [0, 0.05) is 20.0 Å². The largest absolute Gasteiger partial charge is 0.351 e. The molecule has 4 nitrogen and oxygen atoms in total. The van der Waals surface area contributed by atoms with E-state index >= 15 is 0 Å². The monoisotopic (exact) mass is 197 g/mol. The van der Waals surface area contributed by atoms with E-state index in [2.05, 4.69) is 17.0 Å². The Balaban J connectivity index is 4.24. The maximum Gasteiger partial charge on any atom is 0.217 e. The van der Waals surface area contributed by atoms with Crippen molar-refractivity contribution in [3.63, 3.8) is 0 Å². The molecule has 1 N–H and O–H groups in total. The van der Waals surface area contributed by atoms with Crippen LogP contribution in [0.3, 0.4) is 0 Å². The first kappa shape index (κ1) is 12.7. The van der Waals surface area contributed by atoms with Crippen LogP contribution in [0.5, 0.6) is 0 Å². The minimum atomic E-state index is -0.0632. The van der Waals surface area contributed by atoms with Crippen molar-refractivity contribution in [2.45, 2.75) is 26.8 Å². The van der Waals surface area contributed by atoms with Crippen molar-refractivity contribution in [2.75, 3.05) is 13.6 Å². The topological polar surface area (TPSA) is 44.7 Å². The number of hydrazone groups is 1. The number of amides is 1. The molecule has 14 heavy (non-hydrogen) atoms. The zero-order chi connectivity index (χ0) is 11.1. The lowest BCUT2D eigenvalue weighted by molar-refractivity contribution is -0.118. The molecule has 0 aliphatic heterocycles. The lowest BCUT2D eigenvalue weighted by Crippen LogP contribution is -2.29. The normalized spacial score (nSPS) is 11.4. The fourth-order valence-corrected chi connectivity index (χ4v) is 0.681. The maximum atomic E-state index is 10.7. The van der Waals surface area contributed by atoms with E-state index in [0.29, 0.717) is 12.6 Å². The van der Waals surface area contributed by atoms with Crippen molar-refractivity contribution < 1.29 is 4.79 Å². The van der Waals surface area contributed by atoms with Gasteiger partial charge in [0.05, 0.1) is 12.3 Å².